The number of benzene rings is 2. The lowest BCUT2D eigenvalue weighted by Gasteiger charge is -2.05. The van der Waals surface area contributed by atoms with E-state index in [1.54, 1.807) is 18.2 Å². The molecule has 27 heavy (non-hydrogen) atoms. The molecule has 0 radical (unpaired) electrons. The van der Waals surface area contributed by atoms with Crippen molar-refractivity contribution in [2.24, 2.45) is 5.10 Å². The lowest BCUT2D eigenvalue weighted by atomic mass is 10.1. The van der Waals surface area contributed by atoms with Crippen LogP contribution in [0.5, 0.6) is 11.5 Å². The van der Waals surface area contributed by atoms with Gasteiger partial charge in [0.05, 0.1) is 40.9 Å². The van der Waals surface area contributed by atoms with E-state index >= 15 is 0 Å². The monoisotopic (exact) mass is 387 g/mol. The van der Waals surface area contributed by atoms with Gasteiger partial charge in [0, 0.05) is 5.56 Å². The van der Waals surface area contributed by atoms with Gasteiger partial charge in [0.2, 0.25) is 0 Å². The Labute approximate surface area is 156 Å². The summed E-state index contributed by atoms with van der Waals surface area (Å²) in [5.74, 6) is -0.849. The summed E-state index contributed by atoms with van der Waals surface area (Å²) < 4.78 is 5.28. The first-order valence-electron chi connectivity index (χ1n) is 7.50. The van der Waals surface area contributed by atoms with Gasteiger partial charge in [-0.2, -0.15) is 5.10 Å². The van der Waals surface area contributed by atoms with Crippen LogP contribution in [0.3, 0.4) is 0 Å². The number of ether oxygens (including phenoxy) is 1. The number of hydrazone groups is 1. The fraction of sp³-hybridized carbons (Fsp3) is 0.0625. The molecule has 0 saturated heterocycles. The van der Waals surface area contributed by atoms with E-state index in [2.05, 4.69) is 20.5 Å². The van der Waals surface area contributed by atoms with Gasteiger partial charge in [-0.05, 0) is 36.5 Å². The fourth-order valence-corrected chi connectivity index (χ4v) is 2.62. The predicted molar refractivity (Wildman–Crippen MR) is 99.9 cm³/mol. The third kappa shape index (κ3) is 3.77. The Balaban J connectivity index is 1.81. The van der Waals surface area contributed by atoms with Crippen LogP contribution in [0.2, 0.25) is 0 Å². The molecule has 10 nitrogen and oxygen atoms in total. The highest BCUT2D eigenvalue weighted by Crippen LogP contribution is 2.32. The minimum Gasteiger partial charge on any atom is -0.504 e. The van der Waals surface area contributed by atoms with Crippen molar-refractivity contribution < 1.29 is 19.6 Å². The number of nitrogens with zero attached hydrogens (tertiary/aromatic N) is 2. The van der Waals surface area contributed by atoms with E-state index in [1.165, 1.54) is 7.11 Å². The molecule has 138 valence electrons. The molecule has 0 aliphatic carbocycles. The SMILES string of the molecule is COc1cc([N+](=O)[O-])c(/C=N\NC(=O)c2ccc3[nH]c(=S)[nH]c3c2)cc1O. The number of rotatable bonds is 5. The molecule has 0 atom stereocenters. The summed E-state index contributed by atoms with van der Waals surface area (Å²) in [7, 11) is 1.28. The summed E-state index contributed by atoms with van der Waals surface area (Å²) in [4.78, 5) is 28.5. The second-order valence-corrected chi connectivity index (χ2v) is 5.79. The third-order valence-electron chi connectivity index (χ3n) is 3.67. The van der Waals surface area contributed by atoms with Gasteiger partial charge >= 0.3 is 0 Å². The molecule has 0 bridgehead atoms. The standard InChI is InChI=1S/C16H13N5O5S/c1-26-14-6-12(21(24)25)9(5-13(14)22)7-17-20-15(23)8-2-3-10-11(4-8)19-16(27)18-10/h2-7,22H,1H3,(H,20,23)(H2,18,19,27)/b17-7-. The summed E-state index contributed by atoms with van der Waals surface area (Å²) in [6.45, 7) is 0. The van der Waals surface area contributed by atoms with Crippen molar-refractivity contribution in [1.29, 1.82) is 0 Å². The summed E-state index contributed by atoms with van der Waals surface area (Å²) in [5.41, 5.74) is 3.68. The number of phenols is 1. The smallest absolute Gasteiger partial charge is 0.282 e. The summed E-state index contributed by atoms with van der Waals surface area (Å²) in [6.07, 6.45) is 1.07. The number of aromatic nitrogens is 2. The average Bonchev–Trinajstić information content (AvgIpc) is 3.00. The molecule has 4 N–H and O–H groups in total. The molecule has 1 amide bonds. The molecular formula is C16H13N5O5S. The van der Waals surface area contributed by atoms with E-state index in [4.69, 9.17) is 17.0 Å². The Morgan fingerprint density at radius 2 is 2.07 bits per heavy atom. The highest BCUT2D eigenvalue weighted by atomic mass is 32.1. The maximum atomic E-state index is 12.2. The number of imidazole rings is 1. The Hall–Kier alpha value is -3.73. The number of amides is 1. The van der Waals surface area contributed by atoms with E-state index in [-0.39, 0.29) is 22.7 Å². The Morgan fingerprint density at radius 3 is 2.78 bits per heavy atom. The van der Waals surface area contributed by atoms with Gasteiger partial charge in [-0.1, -0.05) is 0 Å². The first-order valence-corrected chi connectivity index (χ1v) is 7.90. The van der Waals surface area contributed by atoms with Gasteiger partial charge in [-0.3, -0.25) is 14.9 Å². The number of carbonyl (C=O) groups excluding carboxylic acids is 1. The van der Waals surface area contributed by atoms with Crippen LogP contribution < -0.4 is 10.2 Å². The van der Waals surface area contributed by atoms with Gasteiger partial charge in [0.1, 0.15) is 0 Å². The van der Waals surface area contributed by atoms with Crippen LogP contribution in [0.15, 0.2) is 35.4 Å². The zero-order valence-electron chi connectivity index (χ0n) is 13.8. The maximum Gasteiger partial charge on any atom is 0.282 e. The third-order valence-corrected chi connectivity index (χ3v) is 3.88. The number of phenolic OH excluding ortho intramolecular Hbond substituents is 1. The minimum atomic E-state index is -0.646. The molecular weight excluding hydrogens is 374 g/mol. The van der Waals surface area contributed by atoms with Crippen LogP contribution in [0.25, 0.3) is 11.0 Å². The highest BCUT2D eigenvalue weighted by molar-refractivity contribution is 7.71. The van der Waals surface area contributed by atoms with Gasteiger partial charge < -0.3 is 19.8 Å². The van der Waals surface area contributed by atoms with E-state index < -0.39 is 10.8 Å². The summed E-state index contributed by atoms with van der Waals surface area (Å²) in [5, 5.41) is 24.6. The molecule has 0 aliphatic rings. The first-order chi connectivity index (χ1) is 12.9. The number of aromatic hydroxyl groups is 1. The number of nitro groups is 1. The molecule has 2 aromatic carbocycles. The van der Waals surface area contributed by atoms with Gasteiger partial charge in [0.15, 0.2) is 16.3 Å². The van der Waals surface area contributed by atoms with E-state index in [0.29, 0.717) is 15.9 Å². The molecule has 11 heteroatoms. The summed E-state index contributed by atoms with van der Waals surface area (Å²) in [6, 6.07) is 7.05. The van der Waals surface area contributed by atoms with Crippen molar-refractivity contribution in [1.82, 2.24) is 15.4 Å². The lowest BCUT2D eigenvalue weighted by molar-refractivity contribution is -0.385. The first kappa shape index (κ1) is 18.1. The number of fused-ring (bicyclic) bond motifs is 1. The fourth-order valence-electron chi connectivity index (χ4n) is 2.40. The van der Waals surface area contributed by atoms with Crippen molar-refractivity contribution in [2.75, 3.05) is 7.11 Å². The molecule has 0 fully saturated rings. The number of nitrogens with one attached hydrogen (secondary N) is 3. The van der Waals surface area contributed by atoms with Crippen LogP contribution >= 0.6 is 12.2 Å². The lowest BCUT2D eigenvalue weighted by Crippen LogP contribution is -2.17. The number of aromatic amines is 2. The van der Waals surface area contributed by atoms with Crippen molar-refractivity contribution in [2.45, 2.75) is 0 Å². The number of nitro benzene ring substituents is 1. The topological polar surface area (TPSA) is 146 Å². The van der Waals surface area contributed by atoms with Crippen molar-refractivity contribution in [3.05, 3.63) is 56.3 Å². The zero-order chi connectivity index (χ0) is 19.6. The number of H-pyrrole nitrogens is 2. The van der Waals surface area contributed by atoms with Gasteiger partial charge in [-0.25, -0.2) is 5.43 Å². The van der Waals surface area contributed by atoms with Gasteiger partial charge in [-0.15, -0.1) is 0 Å². The zero-order valence-corrected chi connectivity index (χ0v) is 14.7. The molecule has 0 spiro atoms. The molecule has 1 aromatic heterocycles. The van der Waals surface area contributed by atoms with Crippen LogP contribution in [0.1, 0.15) is 15.9 Å². The number of hydrogen-bond donors (Lipinski definition) is 4. The molecule has 3 rings (SSSR count). The van der Waals surface area contributed by atoms with Gasteiger partial charge in [0.25, 0.3) is 11.6 Å². The molecule has 0 unspecified atom stereocenters. The van der Waals surface area contributed by atoms with Crippen LogP contribution in [0, 0.1) is 14.9 Å². The Kier molecular flexibility index (Phi) is 4.86. The predicted octanol–water partition coefficient (Wildman–Crippen LogP) is 2.61. The summed E-state index contributed by atoms with van der Waals surface area (Å²) >= 11 is 4.99. The van der Waals surface area contributed by atoms with Crippen molar-refractivity contribution in [3.63, 3.8) is 0 Å². The van der Waals surface area contributed by atoms with E-state index in [0.717, 1.165) is 23.9 Å². The molecule has 3 aromatic rings. The van der Waals surface area contributed by atoms with Crippen molar-refractivity contribution in [3.8, 4) is 11.5 Å². The molecule has 1 heterocycles. The largest absolute Gasteiger partial charge is 0.504 e. The average molecular weight is 387 g/mol. The second-order valence-electron chi connectivity index (χ2n) is 5.38. The van der Waals surface area contributed by atoms with E-state index in [1.807, 2.05) is 0 Å². The molecule has 0 aliphatic heterocycles. The van der Waals surface area contributed by atoms with Crippen LogP contribution in [0.4, 0.5) is 5.69 Å². The number of carbonyl (C=O) groups is 1. The highest BCUT2D eigenvalue weighted by Gasteiger charge is 2.17. The van der Waals surface area contributed by atoms with E-state index in [9.17, 15) is 20.0 Å². The van der Waals surface area contributed by atoms with Crippen LogP contribution in [-0.4, -0.2) is 39.2 Å². The number of hydrogen-bond acceptors (Lipinski definition) is 7. The number of methoxy groups -OCH3 is 1. The van der Waals surface area contributed by atoms with Crippen LogP contribution in [-0.2, 0) is 0 Å². The Bertz CT molecular complexity index is 1130. The normalized spacial score (nSPS) is 11.0. The minimum absolute atomic E-state index is 0.00349. The Morgan fingerprint density at radius 1 is 1.33 bits per heavy atom. The molecule has 0 saturated carbocycles. The van der Waals surface area contributed by atoms with Crippen molar-refractivity contribution >= 4 is 41.1 Å². The maximum absolute atomic E-state index is 12.2. The second kappa shape index (κ2) is 7.25. The quantitative estimate of drug-likeness (QED) is 0.229.